The average Bonchev–Trinajstić information content (AvgIpc) is 2.82. The summed E-state index contributed by atoms with van der Waals surface area (Å²) >= 11 is 0. The van der Waals surface area contributed by atoms with E-state index in [1.54, 1.807) is 0 Å². The summed E-state index contributed by atoms with van der Waals surface area (Å²) in [5.41, 5.74) is 8.62. The van der Waals surface area contributed by atoms with Gasteiger partial charge in [-0.15, -0.1) is 0 Å². The minimum atomic E-state index is -0.0909. The Morgan fingerprint density at radius 3 is 2.80 bits per heavy atom. The first kappa shape index (κ1) is 9.04. The summed E-state index contributed by atoms with van der Waals surface area (Å²) in [4.78, 5) is 0. The molecular formula is C12H15NO2. The van der Waals surface area contributed by atoms with Crippen molar-refractivity contribution < 1.29 is 9.47 Å². The van der Waals surface area contributed by atoms with Crippen LogP contribution in [0.25, 0.3) is 0 Å². The molecule has 2 aliphatic rings. The largest absolute Gasteiger partial charge is 0.454 e. The van der Waals surface area contributed by atoms with Crippen molar-refractivity contribution in [3.05, 3.63) is 23.3 Å². The van der Waals surface area contributed by atoms with Crippen LogP contribution in [-0.2, 0) is 12.0 Å². The van der Waals surface area contributed by atoms with E-state index >= 15 is 0 Å². The van der Waals surface area contributed by atoms with Crippen molar-refractivity contribution in [3.63, 3.8) is 0 Å². The SMILES string of the molecule is CCc1c(C2(N)CC2)ccc2c1OCO2. The first-order valence-electron chi connectivity index (χ1n) is 5.45. The third-order valence-corrected chi connectivity index (χ3v) is 3.32. The van der Waals surface area contributed by atoms with E-state index < -0.39 is 0 Å². The van der Waals surface area contributed by atoms with Crippen molar-refractivity contribution in [2.45, 2.75) is 31.7 Å². The van der Waals surface area contributed by atoms with Crippen LogP contribution in [0.1, 0.15) is 30.9 Å². The minimum absolute atomic E-state index is 0.0909. The standard InChI is InChI=1S/C12H15NO2/c1-2-8-9(12(13)5-6-12)3-4-10-11(8)15-7-14-10/h3-4H,2,5-7,13H2,1H3. The van der Waals surface area contributed by atoms with Gasteiger partial charge in [0.1, 0.15) is 0 Å². The van der Waals surface area contributed by atoms with E-state index in [-0.39, 0.29) is 5.54 Å². The third-order valence-electron chi connectivity index (χ3n) is 3.32. The molecule has 1 heterocycles. The molecular weight excluding hydrogens is 190 g/mol. The Balaban J connectivity index is 2.15. The molecule has 0 aromatic heterocycles. The first-order valence-corrected chi connectivity index (χ1v) is 5.45. The van der Waals surface area contributed by atoms with E-state index in [1.807, 2.05) is 6.07 Å². The molecule has 1 aromatic rings. The molecule has 1 aliphatic heterocycles. The molecule has 0 saturated heterocycles. The zero-order chi connectivity index (χ0) is 10.5. The second kappa shape index (κ2) is 2.89. The van der Waals surface area contributed by atoms with Gasteiger partial charge in [-0.05, 0) is 30.9 Å². The van der Waals surface area contributed by atoms with Crippen LogP contribution in [-0.4, -0.2) is 6.79 Å². The molecule has 1 aromatic carbocycles. The van der Waals surface area contributed by atoms with Crippen molar-refractivity contribution in [2.75, 3.05) is 6.79 Å². The van der Waals surface area contributed by atoms with Gasteiger partial charge in [-0.3, -0.25) is 0 Å². The zero-order valence-corrected chi connectivity index (χ0v) is 8.88. The minimum Gasteiger partial charge on any atom is -0.454 e. The molecule has 3 rings (SSSR count). The molecule has 0 bridgehead atoms. The second-order valence-electron chi connectivity index (χ2n) is 4.34. The molecule has 0 unspecified atom stereocenters. The van der Waals surface area contributed by atoms with Crippen molar-refractivity contribution in [3.8, 4) is 11.5 Å². The molecule has 1 fully saturated rings. The molecule has 3 heteroatoms. The fourth-order valence-corrected chi connectivity index (χ4v) is 2.25. The van der Waals surface area contributed by atoms with Gasteiger partial charge in [0.25, 0.3) is 0 Å². The average molecular weight is 205 g/mol. The lowest BCUT2D eigenvalue weighted by Crippen LogP contribution is -2.20. The number of nitrogens with two attached hydrogens (primary N) is 1. The highest BCUT2D eigenvalue weighted by Gasteiger charge is 2.42. The Labute approximate surface area is 89.2 Å². The molecule has 80 valence electrons. The zero-order valence-electron chi connectivity index (χ0n) is 8.88. The van der Waals surface area contributed by atoms with E-state index in [1.165, 1.54) is 11.1 Å². The maximum atomic E-state index is 6.24. The van der Waals surface area contributed by atoms with E-state index in [9.17, 15) is 0 Å². The van der Waals surface area contributed by atoms with Crippen molar-refractivity contribution in [2.24, 2.45) is 5.73 Å². The Kier molecular flexibility index (Phi) is 1.74. The predicted molar refractivity (Wildman–Crippen MR) is 57.0 cm³/mol. The van der Waals surface area contributed by atoms with Crippen LogP contribution in [0.3, 0.4) is 0 Å². The molecule has 1 aliphatic carbocycles. The van der Waals surface area contributed by atoms with Gasteiger partial charge in [-0.2, -0.15) is 0 Å². The fraction of sp³-hybridized carbons (Fsp3) is 0.500. The van der Waals surface area contributed by atoms with Crippen LogP contribution in [0.2, 0.25) is 0 Å². The number of rotatable bonds is 2. The van der Waals surface area contributed by atoms with Gasteiger partial charge in [-0.25, -0.2) is 0 Å². The van der Waals surface area contributed by atoms with Crippen LogP contribution in [0, 0.1) is 0 Å². The Bertz CT molecular complexity index is 410. The van der Waals surface area contributed by atoms with Crippen LogP contribution < -0.4 is 15.2 Å². The maximum Gasteiger partial charge on any atom is 0.231 e. The van der Waals surface area contributed by atoms with Crippen molar-refractivity contribution in [1.29, 1.82) is 0 Å². The van der Waals surface area contributed by atoms with Crippen LogP contribution in [0.5, 0.6) is 11.5 Å². The summed E-state index contributed by atoms with van der Waals surface area (Å²) < 4.78 is 10.9. The Morgan fingerprint density at radius 1 is 1.33 bits per heavy atom. The van der Waals surface area contributed by atoms with Gasteiger partial charge < -0.3 is 15.2 Å². The summed E-state index contributed by atoms with van der Waals surface area (Å²) in [5.74, 6) is 1.77. The molecule has 0 spiro atoms. The van der Waals surface area contributed by atoms with Crippen LogP contribution in [0.15, 0.2) is 12.1 Å². The monoisotopic (exact) mass is 205 g/mol. The molecule has 2 N–H and O–H groups in total. The highest BCUT2D eigenvalue weighted by Crippen LogP contribution is 2.48. The highest BCUT2D eigenvalue weighted by atomic mass is 16.7. The number of benzene rings is 1. The highest BCUT2D eigenvalue weighted by molar-refractivity contribution is 5.55. The molecule has 0 atom stereocenters. The quantitative estimate of drug-likeness (QED) is 0.802. The molecule has 15 heavy (non-hydrogen) atoms. The number of hydrogen-bond acceptors (Lipinski definition) is 3. The summed E-state index contributed by atoms with van der Waals surface area (Å²) in [6.07, 6.45) is 3.11. The predicted octanol–water partition coefficient (Wildman–Crippen LogP) is 1.93. The summed E-state index contributed by atoms with van der Waals surface area (Å²) in [7, 11) is 0. The topological polar surface area (TPSA) is 44.5 Å². The normalized spacial score (nSPS) is 20.4. The van der Waals surface area contributed by atoms with Crippen molar-refractivity contribution >= 4 is 0 Å². The number of fused-ring (bicyclic) bond motifs is 1. The van der Waals surface area contributed by atoms with Gasteiger partial charge in [-0.1, -0.05) is 13.0 Å². The van der Waals surface area contributed by atoms with Gasteiger partial charge in [0.05, 0.1) is 0 Å². The summed E-state index contributed by atoms with van der Waals surface area (Å²) in [5, 5.41) is 0. The van der Waals surface area contributed by atoms with Crippen LogP contribution >= 0.6 is 0 Å². The molecule has 1 saturated carbocycles. The van der Waals surface area contributed by atoms with Gasteiger partial charge >= 0.3 is 0 Å². The lowest BCUT2D eigenvalue weighted by molar-refractivity contribution is 0.173. The van der Waals surface area contributed by atoms with Gasteiger partial charge in [0.15, 0.2) is 11.5 Å². The second-order valence-corrected chi connectivity index (χ2v) is 4.34. The van der Waals surface area contributed by atoms with E-state index in [0.717, 1.165) is 30.8 Å². The molecule has 0 radical (unpaired) electrons. The first-order chi connectivity index (χ1) is 7.24. The third kappa shape index (κ3) is 1.23. The Morgan fingerprint density at radius 2 is 2.13 bits per heavy atom. The summed E-state index contributed by atoms with van der Waals surface area (Å²) in [6, 6.07) is 4.07. The van der Waals surface area contributed by atoms with Crippen molar-refractivity contribution in [1.82, 2.24) is 0 Å². The van der Waals surface area contributed by atoms with Gasteiger partial charge in [0, 0.05) is 11.1 Å². The lowest BCUT2D eigenvalue weighted by Gasteiger charge is -2.15. The Hall–Kier alpha value is -1.22. The number of hydrogen-bond donors (Lipinski definition) is 1. The smallest absolute Gasteiger partial charge is 0.231 e. The summed E-state index contributed by atoms with van der Waals surface area (Å²) in [6.45, 7) is 2.47. The van der Waals surface area contributed by atoms with Crippen LogP contribution in [0.4, 0.5) is 0 Å². The maximum absolute atomic E-state index is 6.24. The fourth-order valence-electron chi connectivity index (χ4n) is 2.25. The number of ether oxygens (including phenoxy) is 2. The molecule has 3 nitrogen and oxygen atoms in total. The van der Waals surface area contributed by atoms with E-state index in [0.29, 0.717) is 6.79 Å². The lowest BCUT2D eigenvalue weighted by atomic mass is 9.96. The van der Waals surface area contributed by atoms with E-state index in [2.05, 4.69) is 13.0 Å². The molecule has 0 amide bonds. The van der Waals surface area contributed by atoms with Gasteiger partial charge in [0.2, 0.25) is 6.79 Å². The van der Waals surface area contributed by atoms with E-state index in [4.69, 9.17) is 15.2 Å².